The molecule has 0 aromatic carbocycles. The Hall–Kier alpha value is -2.44. The van der Waals surface area contributed by atoms with Gasteiger partial charge in [-0.3, -0.25) is 10.8 Å². The van der Waals surface area contributed by atoms with E-state index in [-0.39, 0.29) is 17.7 Å². The van der Waals surface area contributed by atoms with E-state index in [4.69, 9.17) is 15.6 Å². The van der Waals surface area contributed by atoms with Gasteiger partial charge in [0, 0.05) is 36.4 Å². The van der Waals surface area contributed by atoms with Crippen molar-refractivity contribution < 1.29 is 9.84 Å². The van der Waals surface area contributed by atoms with Crippen LogP contribution in [-0.2, 0) is 4.74 Å². The van der Waals surface area contributed by atoms with Crippen LogP contribution in [0.15, 0.2) is 42.6 Å². The highest BCUT2D eigenvalue weighted by Crippen LogP contribution is 2.23. The number of allylic oxidation sites excluding steroid dienone is 1. The molecule has 1 aliphatic heterocycles. The molecule has 2 aromatic heterocycles. The fourth-order valence-corrected chi connectivity index (χ4v) is 3.31. The SMILES string of the molecule is CC(O)c1cc2ccccn2c1C(=N)/C=C\C(=N)OC1CCN(C)CC1. The molecule has 2 aromatic rings. The monoisotopic (exact) mass is 354 g/mol. The van der Waals surface area contributed by atoms with Crippen molar-refractivity contribution in [3.63, 3.8) is 0 Å². The first-order chi connectivity index (χ1) is 12.5. The van der Waals surface area contributed by atoms with Gasteiger partial charge in [0.05, 0.1) is 17.5 Å². The van der Waals surface area contributed by atoms with E-state index in [0.717, 1.165) is 31.4 Å². The molecule has 3 rings (SSSR count). The molecule has 1 fully saturated rings. The number of hydrogen-bond acceptors (Lipinski definition) is 5. The van der Waals surface area contributed by atoms with Crippen LogP contribution in [0.5, 0.6) is 0 Å². The van der Waals surface area contributed by atoms with Gasteiger partial charge in [0.1, 0.15) is 6.10 Å². The molecule has 26 heavy (non-hydrogen) atoms. The number of aliphatic hydroxyl groups excluding tert-OH is 1. The minimum atomic E-state index is -0.673. The molecular weight excluding hydrogens is 328 g/mol. The van der Waals surface area contributed by atoms with Gasteiger partial charge in [-0.05, 0) is 51.1 Å². The predicted octanol–water partition coefficient (Wildman–Crippen LogP) is 3.00. The van der Waals surface area contributed by atoms with Gasteiger partial charge < -0.3 is 19.1 Å². The van der Waals surface area contributed by atoms with E-state index in [2.05, 4.69) is 11.9 Å². The summed E-state index contributed by atoms with van der Waals surface area (Å²) >= 11 is 0. The van der Waals surface area contributed by atoms with Gasteiger partial charge in [-0.1, -0.05) is 6.07 Å². The lowest BCUT2D eigenvalue weighted by Gasteiger charge is -2.28. The van der Waals surface area contributed by atoms with Gasteiger partial charge in [-0.15, -0.1) is 0 Å². The van der Waals surface area contributed by atoms with E-state index in [1.54, 1.807) is 13.0 Å². The van der Waals surface area contributed by atoms with Crippen molar-refractivity contribution in [1.82, 2.24) is 9.30 Å². The standard InChI is InChI=1S/C20H26N4O2/c1-14(25)17-13-15-5-3-4-10-24(15)20(17)18(21)6-7-19(22)26-16-8-11-23(2)12-9-16/h3-7,10,13-14,16,21-22,25H,8-9,11-12H2,1-2H3/b7-6-,21-18?,22-19?. The molecule has 0 radical (unpaired) electrons. The zero-order valence-electron chi connectivity index (χ0n) is 15.3. The van der Waals surface area contributed by atoms with Crippen LogP contribution >= 0.6 is 0 Å². The van der Waals surface area contributed by atoms with Crippen LogP contribution in [-0.4, -0.2) is 52.3 Å². The van der Waals surface area contributed by atoms with Gasteiger partial charge in [-0.25, -0.2) is 0 Å². The van der Waals surface area contributed by atoms with Crippen LogP contribution in [0.2, 0.25) is 0 Å². The third-order valence-corrected chi connectivity index (χ3v) is 4.77. The summed E-state index contributed by atoms with van der Waals surface area (Å²) in [7, 11) is 2.09. The second kappa shape index (κ2) is 7.85. The topological polar surface area (TPSA) is 84.8 Å². The molecule has 1 unspecified atom stereocenters. The van der Waals surface area contributed by atoms with Crippen LogP contribution in [0.3, 0.4) is 0 Å². The number of aromatic nitrogens is 1. The number of nitrogens with zero attached hydrogens (tertiary/aromatic N) is 2. The minimum Gasteiger partial charge on any atom is -0.475 e. The van der Waals surface area contributed by atoms with Gasteiger partial charge in [0.15, 0.2) is 0 Å². The summed E-state index contributed by atoms with van der Waals surface area (Å²) in [5.74, 6) is 0.0729. The number of fused-ring (bicyclic) bond motifs is 1. The van der Waals surface area contributed by atoms with Crippen LogP contribution in [0.25, 0.3) is 5.52 Å². The molecule has 6 nitrogen and oxygen atoms in total. The van der Waals surface area contributed by atoms with Crippen molar-refractivity contribution in [3.05, 3.63) is 53.9 Å². The maximum absolute atomic E-state index is 10.1. The molecule has 1 atom stereocenters. The van der Waals surface area contributed by atoms with E-state index in [1.165, 1.54) is 6.08 Å². The highest BCUT2D eigenvalue weighted by atomic mass is 16.5. The second-order valence-electron chi connectivity index (χ2n) is 6.85. The molecule has 138 valence electrons. The van der Waals surface area contributed by atoms with Crippen molar-refractivity contribution in [3.8, 4) is 0 Å². The first-order valence-electron chi connectivity index (χ1n) is 8.94. The summed E-state index contributed by atoms with van der Waals surface area (Å²) in [5, 5.41) is 26.5. The Kier molecular flexibility index (Phi) is 5.54. The van der Waals surface area contributed by atoms with Crippen molar-refractivity contribution in [1.29, 1.82) is 10.8 Å². The Bertz CT molecular complexity index is 829. The Labute approximate surface area is 153 Å². The van der Waals surface area contributed by atoms with Crippen LogP contribution in [0, 0.1) is 10.8 Å². The minimum absolute atomic E-state index is 0.0692. The van der Waals surface area contributed by atoms with Crippen molar-refractivity contribution in [2.24, 2.45) is 0 Å². The second-order valence-corrected chi connectivity index (χ2v) is 6.85. The van der Waals surface area contributed by atoms with Crippen LogP contribution in [0.1, 0.15) is 37.1 Å². The van der Waals surface area contributed by atoms with Crippen molar-refractivity contribution in [2.45, 2.75) is 32.0 Å². The number of ether oxygens (including phenoxy) is 1. The summed E-state index contributed by atoms with van der Waals surface area (Å²) in [4.78, 5) is 2.25. The first kappa shape index (κ1) is 18.4. The lowest BCUT2D eigenvalue weighted by atomic mass is 10.1. The average Bonchev–Trinajstić information content (AvgIpc) is 3.01. The number of hydrogen-bond donors (Lipinski definition) is 3. The normalized spacial score (nSPS) is 17.7. The van der Waals surface area contributed by atoms with Crippen molar-refractivity contribution in [2.75, 3.05) is 20.1 Å². The van der Waals surface area contributed by atoms with Gasteiger partial charge >= 0.3 is 0 Å². The highest BCUT2D eigenvalue weighted by Gasteiger charge is 2.19. The van der Waals surface area contributed by atoms with E-state index < -0.39 is 6.10 Å². The molecular formula is C20H26N4O2. The molecule has 3 heterocycles. The van der Waals surface area contributed by atoms with E-state index in [9.17, 15) is 5.11 Å². The largest absolute Gasteiger partial charge is 0.475 e. The van der Waals surface area contributed by atoms with Crippen molar-refractivity contribution >= 4 is 17.1 Å². The maximum atomic E-state index is 10.1. The summed E-state index contributed by atoms with van der Waals surface area (Å²) in [6.45, 7) is 3.65. The van der Waals surface area contributed by atoms with Gasteiger partial charge in [0.2, 0.25) is 5.90 Å². The number of likely N-dealkylation sites (tertiary alicyclic amines) is 1. The number of nitrogens with one attached hydrogen (secondary N) is 2. The first-order valence-corrected chi connectivity index (χ1v) is 8.94. The quantitative estimate of drug-likeness (QED) is 0.570. The Morgan fingerprint density at radius 2 is 2.00 bits per heavy atom. The van der Waals surface area contributed by atoms with E-state index in [1.807, 2.05) is 34.9 Å². The molecule has 6 heteroatoms. The third-order valence-electron chi connectivity index (χ3n) is 4.77. The zero-order chi connectivity index (χ0) is 18.7. The Balaban J connectivity index is 1.73. The number of pyridine rings is 1. The lowest BCUT2D eigenvalue weighted by Crippen LogP contribution is -2.35. The number of piperidine rings is 1. The van der Waals surface area contributed by atoms with Crippen LogP contribution < -0.4 is 0 Å². The van der Waals surface area contributed by atoms with E-state index in [0.29, 0.717) is 11.3 Å². The molecule has 1 aliphatic rings. The highest BCUT2D eigenvalue weighted by molar-refractivity contribution is 6.09. The predicted molar refractivity (Wildman–Crippen MR) is 103 cm³/mol. The lowest BCUT2D eigenvalue weighted by molar-refractivity contribution is 0.105. The molecule has 0 saturated carbocycles. The fourth-order valence-electron chi connectivity index (χ4n) is 3.31. The zero-order valence-corrected chi connectivity index (χ0v) is 15.3. The summed E-state index contributed by atoms with van der Waals surface area (Å²) in [5.41, 5.74) is 2.51. The number of rotatable bonds is 5. The molecule has 0 bridgehead atoms. The molecule has 0 aliphatic carbocycles. The molecule has 0 amide bonds. The smallest absolute Gasteiger partial charge is 0.206 e. The summed E-state index contributed by atoms with van der Waals surface area (Å²) in [6, 6.07) is 7.65. The van der Waals surface area contributed by atoms with Gasteiger partial charge in [-0.2, -0.15) is 0 Å². The number of aliphatic hydroxyl groups is 1. The third kappa shape index (κ3) is 4.03. The summed E-state index contributed by atoms with van der Waals surface area (Å²) < 4.78 is 7.57. The average molecular weight is 354 g/mol. The van der Waals surface area contributed by atoms with E-state index >= 15 is 0 Å². The summed E-state index contributed by atoms with van der Waals surface area (Å²) in [6.07, 6.45) is 6.19. The fraction of sp³-hybridized carbons (Fsp3) is 0.400. The Morgan fingerprint density at radius 3 is 2.69 bits per heavy atom. The van der Waals surface area contributed by atoms with Crippen LogP contribution in [0.4, 0.5) is 0 Å². The Morgan fingerprint density at radius 1 is 1.27 bits per heavy atom. The molecule has 1 saturated heterocycles. The molecule has 0 spiro atoms. The van der Waals surface area contributed by atoms with Gasteiger partial charge in [0.25, 0.3) is 0 Å². The maximum Gasteiger partial charge on any atom is 0.206 e. The molecule has 3 N–H and O–H groups in total.